The molecule has 0 fully saturated rings. The lowest BCUT2D eigenvalue weighted by Crippen LogP contribution is -2.27. The van der Waals surface area contributed by atoms with E-state index in [0.717, 1.165) is 21.3 Å². The molecule has 1 aliphatic rings. The number of nitrogens with zero attached hydrogens (tertiary/aromatic N) is 4. The fourth-order valence-electron chi connectivity index (χ4n) is 3.42. The number of anilines is 2. The van der Waals surface area contributed by atoms with E-state index in [1.54, 1.807) is 30.8 Å². The van der Waals surface area contributed by atoms with E-state index in [4.69, 9.17) is 4.74 Å². The van der Waals surface area contributed by atoms with Crippen molar-refractivity contribution in [3.8, 4) is 16.0 Å². The van der Waals surface area contributed by atoms with Crippen LogP contribution in [-0.2, 0) is 9.53 Å². The molecule has 3 aromatic rings. The molecule has 3 heterocycles. The van der Waals surface area contributed by atoms with Crippen LogP contribution < -0.4 is 9.80 Å². The monoisotopic (exact) mass is 450 g/mol. The number of ketones is 1. The lowest BCUT2D eigenvalue weighted by Gasteiger charge is -2.19. The summed E-state index contributed by atoms with van der Waals surface area (Å²) < 4.78 is 5.25. The Hall–Kier alpha value is -3.48. The van der Waals surface area contributed by atoms with E-state index < -0.39 is 18.4 Å². The molecule has 1 aliphatic heterocycles. The fraction of sp³-hybridized carbons (Fsp3) is 0.182. The number of benzene rings is 1. The Bertz CT molecular complexity index is 1210. The molecule has 0 radical (unpaired) electrons. The van der Waals surface area contributed by atoms with Crippen molar-refractivity contribution in [1.29, 1.82) is 5.26 Å². The maximum atomic E-state index is 12.8. The highest BCUT2D eigenvalue weighted by Gasteiger charge is 2.31. The third-order valence-electron chi connectivity index (χ3n) is 4.90. The first-order valence-corrected chi connectivity index (χ1v) is 11.0. The van der Waals surface area contributed by atoms with Crippen LogP contribution in [0.4, 0.5) is 11.4 Å². The number of thiophene rings is 1. The number of ether oxygens (including phenoxy) is 1. The molecule has 0 atom stereocenters. The summed E-state index contributed by atoms with van der Waals surface area (Å²) in [5.41, 5.74) is 2.27. The van der Waals surface area contributed by atoms with E-state index in [-0.39, 0.29) is 5.57 Å². The van der Waals surface area contributed by atoms with Gasteiger partial charge < -0.3 is 14.5 Å². The van der Waals surface area contributed by atoms with Gasteiger partial charge in [0.25, 0.3) is 0 Å². The molecule has 0 aliphatic carbocycles. The van der Waals surface area contributed by atoms with E-state index in [1.165, 1.54) is 22.7 Å². The van der Waals surface area contributed by atoms with Gasteiger partial charge >= 0.3 is 5.97 Å². The molecule has 0 spiro atoms. The van der Waals surface area contributed by atoms with Crippen LogP contribution in [0.2, 0.25) is 0 Å². The van der Waals surface area contributed by atoms with E-state index in [2.05, 4.69) is 4.98 Å². The number of para-hydroxylation sites is 2. The van der Waals surface area contributed by atoms with Crippen LogP contribution in [0.5, 0.6) is 0 Å². The number of esters is 1. The summed E-state index contributed by atoms with van der Waals surface area (Å²) in [4.78, 5) is 34.7. The van der Waals surface area contributed by atoms with Crippen molar-refractivity contribution in [3.63, 3.8) is 0 Å². The van der Waals surface area contributed by atoms with Gasteiger partial charge in [-0.25, -0.2) is 9.78 Å². The van der Waals surface area contributed by atoms with Gasteiger partial charge in [-0.3, -0.25) is 4.79 Å². The smallest absolute Gasteiger partial charge is 0.350 e. The fourth-order valence-corrected chi connectivity index (χ4v) is 5.17. The number of carbonyl (C=O) groups excluding carboxylic acids is 2. The van der Waals surface area contributed by atoms with Crippen LogP contribution in [0.25, 0.3) is 9.88 Å². The third-order valence-corrected chi connectivity index (χ3v) is 7.08. The van der Waals surface area contributed by atoms with Gasteiger partial charge in [-0.15, -0.1) is 22.7 Å². The maximum absolute atomic E-state index is 12.8. The van der Waals surface area contributed by atoms with Crippen molar-refractivity contribution in [1.82, 2.24) is 4.98 Å². The summed E-state index contributed by atoms with van der Waals surface area (Å²) in [5, 5.41) is 12.4. The van der Waals surface area contributed by atoms with Gasteiger partial charge in [-0.2, -0.15) is 5.26 Å². The molecular formula is C22H18N4O3S2. The van der Waals surface area contributed by atoms with Crippen LogP contribution >= 0.6 is 22.7 Å². The highest BCUT2D eigenvalue weighted by atomic mass is 32.1. The molecule has 0 N–H and O–H groups in total. The number of thiazole rings is 1. The van der Waals surface area contributed by atoms with Crippen LogP contribution in [-0.4, -0.2) is 37.4 Å². The Labute approximate surface area is 187 Å². The minimum Gasteiger partial charge on any atom is -0.453 e. The molecule has 2 aromatic heterocycles. The zero-order chi connectivity index (χ0) is 22.1. The Kier molecular flexibility index (Phi) is 5.59. The Balaban J connectivity index is 1.52. The summed E-state index contributed by atoms with van der Waals surface area (Å²) in [6.45, 7) is 1.21. The third kappa shape index (κ3) is 3.71. The number of fused-ring (bicyclic) bond motifs is 1. The second-order valence-electron chi connectivity index (χ2n) is 6.83. The van der Waals surface area contributed by atoms with Crippen molar-refractivity contribution in [2.24, 2.45) is 0 Å². The summed E-state index contributed by atoms with van der Waals surface area (Å²) in [5.74, 6) is -0.721. The molecular weight excluding hydrogens is 432 g/mol. The minimum absolute atomic E-state index is 0.0608. The average Bonchev–Trinajstić information content (AvgIpc) is 3.48. The highest BCUT2D eigenvalue weighted by molar-refractivity contribution is 7.22. The molecule has 0 bridgehead atoms. The van der Waals surface area contributed by atoms with Crippen molar-refractivity contribution < 1.29 is 14.3 Å². The van der Waals surface area contributed by atoms with Gasteiger partial charge in [0, 0.05) is 14.1 Å². The largest absolute Gasteiger partial charge is 0.453 e. The van der Waals surface area contributed by atoms with Gasteiger partial charge in [0.15, 0.2) is 6.61 Å². The number of rotatable bonds is 5. The van der Waals surface area contributed by atoms with Gasteiger partial charge in [-0.05, 0) is 30.5 Å². The van der Waals surface area contributed by atoms with E-state index in [9.17, 15) is 14.9 Å². The second-order valence-corrected chi connectivity index (χ2v) is 8.77. The van der Waals surface area contributed by atoms with Gasteiger partial charge in [-0.1, -0.05) is 18.2 Å². The standard InChI is InChI=1S/C22H18N4O3S2/c1-13-19(31-20(24-13)18-9-6-10-30-18)22(28)29-12-17(27)14(11-23)21-25(2)15-7-4-5-8-16(15)26(21)3/h4-10H,12H2,1-3H3. The molecule has 0 amide bonds. The van der Waals surface area contributed by atoms with E-state index >= 15 is 0 Å². The molecule has 0 saturated carbocycles. The number of aromatic nitrogens is 1. The van der Waals surface area contributed by atoms with E-state index in [1.807, 2.05) is 47.8 Å². The van der Waals surface area contributed by atoms with Crippen molar-refractivity contribution >= 4 is 45.8 Å². The molecule has 156 valence electrons. The highest BCUT2D eigenvalue weighted by Crippen LogP contribution is 2.40. The first-order chi connectivity index (χ1) is 14.9. The molecule has 7 nitrogen and oxygen atoms in total. The number of hydrogen-bond donors (Lipinski definition) is 0. The van der Waals surface area contributed by atoms with Gasteiger partial charge in [0.05, 0.1) is 21.9 Å². The molecule has 0 saturated heterocycles. The first kappa shape index (κ1) is 20.8. The summed E-state index contributed by atoms with van der Waals surface area (Å²) in [6, 6.07) is 13.4. The van der Waals surface area contributed by atoms with Crippen LogP contribution in [0, 0.1) is 18.3 Å². The number of Topliss-reactive ketones (excluding diaryl/α,β-unsaturated/α-hetero) is 1. The number of hydrogen-bond acceptors (Lipinski definition) is 9. The lowest BCUT2D eigenvalue weighted by atomic mass is 10.2. The van der Waals surface area contributed by atoms with Gasteiger partial charge in [0.1, 0.15) is 27.3 Å². The van der Waals surface area contributed by atoms with Crippen molar-refractivity contribution in [3.05, 3.63) is 63.7 Å². The zero-order valence-corrected chi connectivity index (χ0v) is 18.7. The average molecular weight is 451 g/mol. The Morgan fingerprint density at radius 3 is 2.39 bits per heavy atom. The Morgan fingerprint density at radius 2 is 1.81 bits per heavy atom. The number of carbonyl (C=O) groups is 2. The summed E-state index contributed by atoms with van der Waals surface area (Å²) >= 11 is 2.76. The number of aryl methyl sites for hydroxylation is 1. The van der Waals surface area contributed by atoms with Crippen LogP contribution in [0.1, 0.15) is 15.4 Å². The van der Waals surface area contributed by atoms with Crippen LogP contribution in [0.15, 0.2) is 53.2 Å². The second kappa shape index (κ2) is 8.34. The van der Waals surface area contributed by atoms with Gasteiger partial charge in [0.2, 0.25) is 5.78 Å². The SMILES string of the molecule is Cc1nc(-c2cccs2)sc1C(=O)OCC(=O)C(C#N)=C1N(C)c2ccccc2N1C. The van der Waals surface area contributed by atoms with Crippen molar-refractivity contribution in [2.45, 2.75) is 6.92 Å². The molecule has 9 heteroatoms. The quantitative estimate of drug-likeness (QED) is 0.327. The predicted molar refractivity (Wildman–Crippen MR) is 121 cm³/mol. The van der Waals surface area contributed by atoms with Crippen LogP contribution in [0.3, 0.4) is 0 Å². The lowest BCUT2D eigenvalue weighted by molar-refractivity contribution is -0.118. The predicted octanol–water partition coefficient (Wildman–Crippen LogP) is 4.23. The zero-order valence-electron chi connectivity index (χ0n) is 17.1. The number of nitriles is 1. The molecule has 0 unspecified atom stereocenters. The summed E-state index contributed by atoms with van der Waals surface area (Å²) in [7, 11) is 3.59. The molecule has 4 rings (SSSR count). The Morgan fingerprint density at radius 1 is 1.13 bits per heavy atom. The summed E-state index contributed by atoms with van der Waals surface area (Å²) in [6.07, 6.45) is 0. The maximum Gasteiger partial charge on any atom is 0.350 e. The minimum atomic E-state index is -0.620. The topological polar surface area (TPSA) is 86.5 Å². The molecule has 31 heavy (non-hydrogen) atoms. The molecule has 1 aromatic carbocycles. The van der Waals surface area contributed by atoms with E-state index in [0.29, 0.717) is 16.4 Å². The van der Waals surface area contributed by atoms with Crippen molar-refractivity contribution in [2.75, 3.05) is 30.5 Å². The first-order valence-electron chi connectivity index (χ1n) is 9.35. The normalized spacial score (nSPS) is 12.5.